The molecule has 0 bridgehead atoms. The van der Waals surface area contributed by atoms with E-state index < -0.39 is 0 Å². The average Bonchev–Trinajstić information content (AvgIpc) is 2.27. The van der Waals surface area contributed by atoms with Crippen molar-refractivity contribution in [1.29, 1.82) is 0 Å². The number of hydrogen-bond donors (Lipinski definition) is 1. The molecule has 0 radical (unpaired) electrons. The number of pyridine rings is 1. The van der Waals surface area contributed by atoms with Crippen molar-refractivity contribution < 1.29 is 9.90 Å². The SMILES string of the molecule is CCCCC(=O)C=C(O)c1cccnc1. The number of carbonyl (C=O) groups excluding carboxylic acids is 1. The smallest absolute Gasteiger partial charge is 0.159 e. The van der Waals surface area contributed by atoms with Crippen LogP contribution in [0.15, 0.2) is 30.6 Å². The van der Waals surface area contributed by atoms with E-state index >= 15 is 0 Å². The Labute approximate surface area is 89.5 Å². The summed E-state index contributed by atoms with van der Waals surface area (Å²) < 4.78 is 0. The average molecular weight is 205 g/mol. The molecule has 3 heteroatoms. The first-order chi connectivity index (χ1) is 7.24. The van der Waals surface area contributed by atoms with Crippen LogP contribution in [-0.4, -0.2) is 15.9 Å². The van der Waals surface area contributed by atoms with E-state index in [1.807, 2.05) is 6.92 Å². The van der Waals surface area contributed by atoms with Crippen molar-refractivity contribution in [3.63, 3.8) is 0 Å². The molecule has 0 spiro atoms. The van der Waals surface area contributed by atoms with Gasteiger partial charge in [0.2, 0.25) is 0 Å². The number of unbranched alkanes of at least 4 members (excludes halogenated alkanes) is 1. The molecule has 1 rings (SSSR count). The van der Waals surface area contributed by atoms with E-state index in [4.69, 9.17) is 0 Å². The summed E-state index contributed by atoms with van der Waals surface area (Å²) in [6.07, 6.45) is 6.74. The van der Waals surface area contributed by atoms with Crippen molar-refractivity contribution in [3.05, 3.63) is 36.2 Å². The molecule has 1 aromatic rings. The molecule has 3 nitrogen and oxygen atoms in total. The third-order valence-corrected chi connectivity index (χ3v) is 2.03. The number of allylic oxidation sites excluding steroid dienone is 1. The summed E-state index contributed by atoms with van der Waals surface area (Å²) in [4.78, 5) is 15.2. The zero-order valence-electron chi connectivity index (χ0n) is 8.81. The van der Waals surface area contributed by atoms with Crippen LogP contribution in [0.3, 0.4) is 0 Å². The first-order valence-corrected chi connectivity index (χ1v) is 5.08. The zero-order chi connectivity index (χ0) is 11.1. The van der Waals surface area contributed by atoms with Crippen LogP contribution in [0.5, 0.6) is 0 Å². The highest BCUT2D eigenvalue weighted by atomic mass is 16.3. The van der Waals surface area contributed by atoms with Crippen molar-refractivity contribution in [2.24, 2.45) is 0 Å². The Morgan fingerprint density at radius 1 is 1.60 bits per heavy atom. The molecule has 0 aliphatic rings. The van der Waals surface area contributed by atoms with Crippen LogP contribution in [0.4, 0.5) is 0 Å². The highest BCUT2D eigenvalue weighted by molar-refractivity contribution is 5.95. The van der Waals surface area contributed by atoms with E-state index in [9.17, 15) is 9.90 Å². The summed E-state index contributed by atoms with van der Waals surface area (Å²) >= 11 is 0. The number of aromatic nitrogens is 1. The molecule has 0 aromatic carbocycles. The summed E-state index contributed by atoms with van der Waals surface area (Å²) in [5.41, 5.74) is 0.572. The fourth-order valence-corrected chi connectivity index (χ4v) is 1.17. The second-order valence-corrected chi connectivity index (χ2v) is 3.34. The number of rotatable bonds is 5. The lowest BCUT2D eigenvalue weighted by molar-refractivity contribution is -0.114. The molecule has 0 amide bonds. The summed E-state index contributed by atoms with van der Waals surface area (Å²) in [6.45, 7) is 2.03. The Kier molecular flexibility index (Phi) is 4.54. The number of carbonyl (C=O) groups is 1. The van der Waals surface area contributed by atoms with E-state index in [1.165, 1.54) is 12.3 Å². The van der Waals surface area contributed by atoms with Crippen LogP contribution < -0.4 is 0 Å². The maximum Gasteiger partial charge on any atom is 0.159 e. The van der Waals surface area contributed by atoms with Gasteiger partial charge in [-0.25, -0.2) is 0 Å². The minimum Gasteiger partial charge on any atom is -0.507 e. The van der Waals surface area contributed by atoms with Crippen molar-refractivity contribution >= 4 is 11.5 Å². The third-order valence-electron chi connectivity index (χ3n) is 2.03. The van der Waals surface area contributed by atoms with Gasteiger partial charge in [-0.3, -0.25) is 9.78 Å². The van der Waals surface area contributed by atoms with E-state index in [-0.39, 0.29) is 11.5 Å². The van der Waals surface area contributed by atoms with Crippen LogP contribution in [0.1, 0.15) is 31.7 Å². The lowest BCUT2D eigenvalue weighted by Crippen LogP contribution is -1.95. The Morgan fingerprint density at radius 2 is 2.40 bits per heavy atom. The van der Waals surface area contributed by atoms with Crippen molar-refractivity contribution in [1.82, 2.24) is 4.98 Å². The molecular formula is C12H15NO2. The van der Waals surface area contributed by atoms with E-state index in [0.29, 0.717) is 12.0 Å². The topological polar surface area (TPSA) is 50.2 Å². The van der Waals surface area contributed by atoms with Crippen LogP contribution >= 0.6 is 0 Å². The number of hydrogen-bond acceptors (Lipinski definition) is 3. The standard InChI is InChI=1S/C12H15NO2/c1-2-3-6-11(14)8-12(15)10-5-4-7-13-9-10/h4-5,7-9,15H,2-3,6H2,1H3. The maximum atomic E-state index is 11.3. The molecule has 0 fully saturated rings. The third kappa shape index (κ3) is 3.94. The molecule has 0 saturated heterocycles. The molecule has 1 N–H and O–H groups in total. The van der Waals surface area contributed by atoms with Crippen LogP contribution in [0.2, 0.25) is 0 Å². The van der Waals surface area contributed by atoms with Gasteiger partial charge in [-0.1, -0.05) is 13.3 Å². The van der Waals surface area contributed by atoms with Gasteiger partial charge in [0.1, 0.15) is 5.76 Å². The highest BCUT2D eigenvalue weighted by Gasteiger charge is 2.02. The van der Waals surface area contributed by atoms with Crippen LogP contribution in [0, 0.1) is 0 Å². The van der Waals surface area contributed by atoms with E-state index in [2.05, 4.69) is 4.98 Å². The fourth-order valence-electron chi connectivity index (χ4n) is 1.17. The fraction of sp³-hybridized carbons (Fsp3) is 0.333. The Hall–Kier alpha value is -1.64. The number of aliphatic hydroxyl groups excluding tert-OH is 1. The molecule has 0 unspecified atom stereocenters. The van der Waals surface area contributed by atoms with Crippen molar-refractivity contribution in [2.45, 2.75) is 26.2 Å². The van der Waals surface area contributed by atoms with Crippen molar-refractivity contribution in [3.8, 4) is 0 Å². The Balaban J connectivity index is 2.64. The molecule has 80 valence electrons. The van der Waals surface area contributed by atoms with Crippen molar-refractivity contribution in [2.75, 3.05) is 0 Å². The van der Waals surface area contributed by atoms with Gasteiger partial charge in [0.15, 0.2) is 5.78 Å². The molecule has 15 heavy (non-hydrogen) atoms. The largest absolute Gasteiger partial charge is 0.507 e. The van der Waals surface area contributed by atoms with Gasteiger partial charge in [0, 0.05) is 30.5 Å². The molecule has 0 aliphatic heterocycles. The normalized spacial score (nSPS) is 11.4. The number of ketones is 1. The van der Waals surface area contributed by atoms with Gasteiger partial charge in [-0.2, -0.15) is 0 Å². The second-order valence-electron chi connectivity index (χ2n) is 3.34. The van der Waals surface area contributed by atoms with Gasteiger partial charge >= 0.3 is 0 Å². The quantitative estimate of drug-likeness (QED) is 0.594. The van der Waals surface area contributed by atoms with Gasteiger partial charge in [0.25, 0.3) is 0 Å². The van der Waals surface area contributed by atoms with Crippen LogP contribution in [0.25, 0.3) is 5.76 Å². The first kappa shape index (κ1) is 11.4. The molecular weight excluding hydrogens is 190 g/mol. The second kappa shape index (κ2) is 5.96. The Bertz CT molecular complexity index is 344. The molecule has 0 atom stereocenters. The predicted molar refractivity (Wildman–Crippen MR) is 59.4 cm³/mol. The zero-order valence-corrected chi connectivity index (χ0v) is 8.81. The predicted octanol–water partition coefficient (Wildman–Crippen LogP) is 2.74. The Morgan fingerprint density at radius 3 is 3.00 bits per heavy atom. The van der Waals surface area contributed by atoms with E-state index in [0.717, 1.165) is 12.8 Å². The molecule has 1 aromatic heterocycles. The van der Waals surface area contributed by atoms with Gasteiger partial charge < -0.3 is 5.11 Å². The summed E-state index contributed by atoms with van der Waals surface area (Å²) in [5.74, 6) is -0.0533. The van der Waals surface area contributed by atoms with Crippen LogP contribution in [-0.2, 0) is 4.79 Å². The minimum atomic E-state index is -0.0433. The summed E-state index contributed by atoms with van der Waals surface area (Å²) in [7, 11) is 0. The summed E-state index contributed by atoms with van der Waals surface area (Å²) in [5, 5.41) is 9.59. The highest BCUT2D eigenvalue weighted by Crippen LogP contribution is 2.09. The lowest BCUT2D eigenvalue weighted by atomic mass is 10.1. The molecule has 0 saturated carbocycles. The molecule has 0 aliphatic carbocycles. The monoisotopic (exact) mass is 205 g/mol. The van der Waals surface area contributed by atoms with Gasteiger partial charge in [-0.15, -0.1) is 0 Å². The van der Waals surface area contributed by atoms with Gasteiger partial charge in [0.05, 0.1) is 0 Å². The maximum absolute atomic E-state index is 11.3. The first-order valence-electron chi connectivity index (χ1n) is 5.08. The minimum absolute atomic E-state index is 0.01000. The van der Waals surface area contributed by atoms with E-state index in [1.54, 1.807) is 18.3 Å². The number of aliphatic hydroxyl groups is 1. The number of nitrogens with zero attached hydrogens (tertiary/aromatic N) is 1. The molecule has 1 heterocycles. The van der Waals surface area contributed by atoms with Gasteiger partial charge in [-0.05, 0) is 18.6 Å². The lowest BCUT2D eigenvalue weighted by Gasteiger charge is -1.98. The summed E-state index contributed by atoms with van der Waals surface area (Å²) in [6, 6.07) is 3.43.